The molecule has 0 aliphatic carbocycles. The van der Waals surface area contributed by atoms with Crippen LogP contribution in [0.1, 0.15) is 11.1 Å². The second kappa shape index (κ2) is 6.70. The standard InChI is InChI=1S/C15H14BrF2NO/c1-10-6-12(16)8-13(7-10)19-9-11-4-2-3-5-14(11)20-15(17)18/h2-8,15,19H,9H2,1H3. The first-order valence-electron chi connectivity index (χ1n) is 6.08. The lowest BCUT2D eigenvalue weighted by Gasteiger charge is -2.12. The third-order valence-electron chi connectivity index (χ3n) is 2.71. The lowest BCUT2D eigenvalue weighted by Crippen LogP contribution is -2.07. The fourth-order valence-electron chi connectivity index (χ4n) is 1.90. The highest BCUT2D eigenvalue weighted by molar-refractivity contribution is 9.10. The van der Waals surface area contributed by atoms with Gasteiger partial charge in [0.05, 0.1) is 0 Å². The number of halogens is 3. The summed E-state index contributed by atoms with van der Waals surface area (Å²) in [5.74, 6) is 0.196. The number of hydrogen-bond donors (Lipinski definition) is 1. The second-order valence-corrected chi connectivity index (χ2v) is 5.27. The van der Waals surface area contributed by atoms with Gasteiger partial charge in [-0.15, -0.1) is 0 Å². The van der Waals surface area contributed by atoms with Gasteiger partial charge in [-0.1, -0.05) is 34.1 Å². The van der Waals surface area contributed by atoms with Gasteiger partial charge in [-0.05, 0) is 36.8 Å². The molecule has 106 valence electrons. The summed E-state index contributed by atoms with van der Waals surface area (Å²) in [7, 11) is 0. The Hall–Kier alpha value is -1.62. The highest BCUT2D eigenvalue weighted by atomic mass is 79.9. The maximum Gasteiger partial charge on any atom is 0.387 e. The van der Waals surface area contributed by atoms with Gasteiger partial charge in [0.15, 0.2) is 0 Å². The van der Waals surface area contributed by atoms with Gasteiger partial charge >= 0.3 is 6.61 Å². The first kappa shape index (κ1) is 14.8. The molecular weight excluding hydrogens is 328 g/mol. The van der Waals surface area contributed by atoms with Gasteiger partial charge in [-0.3, -0.25) is 0 Å². The average Bonchev–Trinajstić information content (AvgIpc) is 2.36. The number of aryl methyl sites for hydroxylation is 1. The Kier molecular flexibility index (Phi) is 4.95. The molecule has 5 heteroatoms. The van der Waals surface area contributed by atoms with Crippen LogP contribution < -0.4 is 10.1 Å². The molecule has 0 bridgehead atoms. The normalized spacial score (nSPS) is 10.7. The van der Waals surface area contributed by atoms with Gasteiger partial charge in [0.25, 0.3) is 0 Å². The second-order valence-electron chi connectivity index (χ2n) is 4.36. The van der Waals surface area contributed by atoms with Crippen molar-refractivity contribution >= 4 is 21.6 Å². The minimum Gasteiger partial charge on any atom is -0.434 e. The maximum absolute atomic E-state index is 12.3. The molecule has 0 spiro atoms. The topological polar surface area (TPSA) is 21.3 Å². The Bertz CT molecular complexity index is 570. The number of anilines is 1. The summed E-state index contributed by atoms with van der Waals surface area (Å²) in [5, 5.41) is 3.20. The monoisotopic (exact) mass is 341 g/mol. The van der Waals surface area contributed by atoms with Crippen molar-refractivity contribution in [3.05, 3.63) is 58.1 Å². The Morgan fingerprint density at radius 2 is 1.95 bits per heavy atom. The lowest BCUT2D eigenvalue weighted by atomic mass is 10.2. The van der Waals surface area contributed by atoms with E-state index >= 15 is 0 Å². The smallest absolute Gasteiger partial charge is 0.387 e. The van der Waals surface area contributed by atoms with E-state index in [0.29, 0.717) is 12.1 Å². The number of benzene rings is 2. The minimum atomic E-state index is -2.82. The van der Waals surface area contributed by atoms with E-state index < -0.39 is 6.61 Å². The summed E-state index contributed by atoms with van der Waals surface area (Å²) in [6.07, 6.45) is 0. The van der Waals surface area contributed by atoms with Crippen LogP contribution >= 0.6 is 15.9 Å². The molecule has 20 heavy (non-hydrogen) atoms. The Morgan fingerprint density at radius 3 is 2.65 bits per heavy atom. The summed E-state index contributed by atoms with van der Waals surface area (Å²) < 4.78 is 30.1. The van der Waals surface area contributed by atoms with Crippen molar-refractivity contribution in [2.75, 3.05) is 5.32 Å². The fraction of sp³-hybridized carbons (Fsp3) is 0.200. The zero-order valence-corrected chi connectivity index (χ0v) is 12.5. The van der Waals surface area contributed by atoms with Crippen molar-refractivity contribution in [1.29, 1.82) is 0 Å². The average molecular weight is 342 g/mol. The SMILES string of the molecule is Cc1cc(Br)cc(NCc2ccccc2OC(F)F)c1. The first-order valence-corrected chi connectivity index (χ1v) is 6.87. The zero-order valence-electron chi connectivity index (χ0n) is 10.9. The predicted molar refractivity (Wildman–Crippen MR) is 79.3 cm³/mol. The minimum absolute atomic E-state index is 0.196. The molecule has 0 aromatic heterocycles. The summed E-state index contributed by atoms with van der Waals surface area (Å²) in [4.78, 5) is 0. The van der Waals surface area contributed by atoms with E-state index in [0.717, 1.165) is 15.7 Å². The van der Waals surface area contributed by atoms with E-state index in [4.69, 9.17) is 0 Å². The largest absolute Gasteiger partial charge is 0.434 e. The van der Waals surface area contributed by atoms with Crippen molar-refractivity contribution in [2.45, 2.75) is 20.1 Å². The van der Waals surface area contributed by atoms with E-state index in [1.165, 1.54) is 6.07 Å². The lowest BCUT2D eigenvalue weighted by molar-refractivity contribution is -0.0504. The van der Waals surface area contributed by atoms with E-state index in [-0.39, 0.29) is 5.75 Å². The molecule has 0 heterocycles. The highest BCUT2D eigenvalue weighted by Crippen LogP contribution is 2.23. The molecule has 2 aromatic carbocycles. The van der Waals surface area contributed by atoms with Crippen molar-refractivity contribution in [3.8, 4) is 5.75 Å². The summed E-state index contributed by atoms with van der Waals surface area (Å²) in [6, 6.07) is 12.7. The molecule has 2 rings (SSSR count). The molecule has 0 unspecified atom stereocenters. The number of hydrogen-bond acceptors (Lipinski definition) is 2. The van der Waals surface area contributed by atoms with Crippen LogP contribution in [0.15, 0.2) is 46.9 Å². The molecule has 0 amide bonds. The fourth-order valence-corrected chi connectivity index (χ4v) is 2.50. The molecule has 0 aliphatic rings. The van der Waals surface area contributed by atoms with Crippen LogP contribution in [0.3, 0.4) is 0 Å². The van der Waals surface area contributed by atoms with Crippen LogP contribution in [0, 0.1) is 6.92 Å². The van der Waals surface area contributed by atoms with Gasteiger partial charge in [0, 0.05) is 22.3 Å². The molecule has 2 aromatic rings. The van der Waals surface area contributed by atoms with Crippen LogP contribution in [0.25, 0.3) is 0 Å². The van der Waals surface area contributed by atoms with Crippen molar-refractivity contribution in [3.63, 3.8) is 0 Å². The van der Waals surface area contributed by atoms with E-state index in [9.17, 15) is 8.78 Å². The van der Waals surface area contributed by atoms with Crippen molar-refractivity contribution in [2.24, 2.45) is 0 Å². The number of nitrogens with one attached hydrogen (secondary N) is 1. The number of rotatable bonds is 5. The highest BCUT2D eigenvalue weighted by Gasteiger charge is 2.08. The summed E-state index contributed by atoms with van der Waals surface area (Å²) in [6.45, 7) is -0.410. The van der Waals surface area contributed by atoms with Crippen LogP contribution in [0.2, 0.25) is 0 Å². The van der Waals surface area contributed by atoms with Gasteiger partial charge in [-0.25, -0.2) is 0 Å². The van der Waals surface area contributed by atoms with Gasteiger partial charge < -0.3 is 10.1 Å². The quantitative estimate of drug-likeness (QED) is 0.828. The van der Waals surface area contributed by atoms with E-state index in [1.54, 1.807) is 18.2 Å². The van der Waals surface area contributed by atoms with Crippen molar-refractivity contribution < 1.29 is 13.5 Å². The molecule has 1 N–H and O–H groups in total. The number of ether oxygens (including phenoxy) is 1. The zero-order chi connectivity index (χ0) is 14.5. The molecular formula is C15H14BrF2NO. The molecule has 0 saturated carbocycles. The molecule has 0 fully saturated rings. The Morgan fingerprint density at radius 1 is 1.20 bits per heavy atom. The van der Waals surface area contributed by atoms with Gasteiger partial charge in [-0.2, -0.15) is 8.78 Å². The van der Waals surface area contributed by atoms with E-state index in [2.05, 4.69) is 26.0 Å². The third kappa shape index (κ3) is 4.20. The summed E-state index contributed by atoms with van der Waals surface area (Å²) in [5.41, 5.74) is 2.72. The Labute approximate surface area is 124 Å². The Balaban J connectivity index is 2.10. The number of alkyl halides is 2. The van der Waals surface area contributed by atoms with Gasteiger partial charge in [0.2, 0.25) is 0 Å². The van der Waals surface area contributed by atoms with E-state index in [1.807, 2.05) is 25.1 Å². The predicted octanol–water partition coefficient (Wildman–Crippen LogP) is 4.97. The van der Waals surface area contributed by atoms with Crippen LogP contribution in [0.4, 0.5) is 14.5 Å². The number of para-hydroxylation sites is 1. The third-order valence-corrected chi connectivity index (χ3v) is 3.17. The van der Waals surface area contributed by atoms with Crippen LogP contribution in [-0.4, -0.2) is 6.61 Å². The van der Waals surface area contributed by atoms with Crippen LogP contribution in [-0.2, 0) is 6.54 Å². The van der Waals surface area contributed by atoms with Crippen LogP contribution in [0.5, 0.6) is 5.75 Å². The molecule has 0 aliphatic heterocycles. The molecule has 0 radical (unpaired) electrons. The van der Waals surface area contributed by atoms with Crippen molar-refractivity contribution in [1.82, 2.24) is 0 Å². The van der Waals surface area contributed by atoms with Gasteiger partial charge in [0.1, 0.15) is 5.75 Å². The first-order chi connectivity index (χ1) is 9.54. The molecule has 2 nitrogen and oxygen atoms in total. The summed E-state index contributed by atoms with van der Waals surface area (Å²) >= 11 is 3.42. The molecule has 0 saturated heterocycles. The molecule has 0 atom stereocenters. The maximum atomic E-state index is 12.3.